The number of aryl methyl sites for hydroxylation is 1. The second-order valence-electron chi connectivity index (χ2n) is 6.16. The van der Waals surface area contributed by atoms with Gasteiger partial charge in [0.2, 0.25) is 11.8 Å². The number of hydrogen-bond donors (Lipinski definition) is 1. The number of carbonyl (C=O) groups is 2. The maximum absolute atomic E-state index is 12.4. The first-order valence-electron chi connectivity index (χ1n) is 8.19. The van der Waals surface area contributed by atoms with Crippen molar-refractivity contribution in [3.63, 3.8) is 0 Å². The Balaban J connectivity index is 1.63. The van der Waals surface area contributed by atoms with Crippen LogP contribution in [0.2, 0.25) is 0 Å². The van der Waals surface area contributed by atoms with E-state index in [0.717, 1.165) is 36.5 Å². The first kappa shape index (κ1) is 16.2. The predicted octanol–water partition coefficient (Wildman–Crippen LogP) is 2.19. The van der Waals surface area contributed by atoms with Crippen LogP contribution >= 0.6 is 0 Å². The maximum atomic E-state index is 12.4. The molecule has 3 rings (SSSR count). The van der Waals surface area contributed by atoms with Gasteiger partial charge in [-0.2, -0.15) is 0 Å². The van der Waals surface area contributed by atoms with Gasteiger partial charge in [-0.1, -0.05) is 12.1 Å². The number of anilines is 1. The monoisotopic (exact) mass is 326 g/mol. The number of nitrogens with one attached hydrogen (secondary N) is 1. The second-order valence-corrected chi connectivity index (χ2v) is 6.16. The molecule has 1 N–H and O–H groups in total. The molecule has 1 aromatic carbocycles. The van der Waals surface area contributed by atoms with Gasteiger partial charge in [-0.25, -0.2) is 4.98 Å². The molecule has 0 bridgehead atoms. The van der Waals surface area contributed by atoms with Gasteiger partial charge in [0.25, 0.3) is 0 Å². The van der Waals surface area contributed by atoms with E-state index >= 15 is 0 Å². The predicted molar refractivity (Wildman–Crippen MR) is 91.5 cm³/mol. The van der Waals surface area contributed by atoms with E-state index in [-0.39, 0.29) is 17.9 Å². The Morgan fingerprint density at radius 1 is 1.29 bits per heavy atom. The smallest absolute Gasteiger partial charge is 0.247 e. The van der Waals surface area contributed by atoms with Crippen LogP contribution in [0.4, 0.5) is 5.69 Å². The van der Waals surface area contributed by atoms with Gasteiger partial charge in [-0.15, -0.1) is 0 Å². The van der Waals surface area contributed by atoms with Crippen LogP contribution in [0.25, 0.3) is 0 Å². The van der Waals surface area contributed by atoms with Gasteiger partial charge in [0.15, 0.2) is 0 Å². The Kier molecular flexibility index (Phi) is 4.64. The average Bonchev–Trinajstić information content (AvgIpc) is 3.19. The number of imidazole rings is 1. The molecule has 24 heavy (non-hydrogen) atoms. The molecule has 126 valence electrons. The molecule has 1 aliphatic heterocycles. The Hall–Kier alpha value is -2.63. The van der Waals surface area contributed by atoms with Gasteiger partial charge in [0.05, 0.1) is 0 Å². The van der Waals surface area contributed by atoms with Crippen molar-refractivity contribution in [1.82, 2.24) is 14.5 Å². The van der Waals surface area contributed by atoms with E-state index < -0.39 is 0 Å². The Morgan fingerprint density at radius 2 is 2.04 bits per heavy atom. The van der Waals surface area contributed by atoms with Crippen LogP contribution in [0.15, 0.2) is 36.7 Å². The minimum Gasteiger partial charge on any atom is -0.331 e. The van der Waals surface area contributed by atoms with Gasteiger partial charge < -0.3 is 14.8 Å². The van der Waals surface area contributed by atoms with E-state index in [0.29, 0.717) is 6.54 Å². The minimum atomic E-state index is -0.351. The zero-order chi connectivity index (χ0) is 17.1. The number of amides is 2. The zero-order valence-electron chi connectivity index (χ0n) is 14.0. The van der Waals surface area contributed by atoms with Gasteiger partial charge in [-0.3, -0.25) is 9.59 Å². The normalized spacial score (nSPS) is 17.1. The van der Waals surface area contributed by atoms with Crippen LogP contribution in [0.1, 0.15) is 31.2 Å². The summed E-state index contributed by atoms with van der Waals surface area (Å²) in [7, 11) is 0. The fourth-order valence-corrected chi connectivity index (χ4v) is 3.10. The van der Waals surface area contributed by atoms with Gasteiger partial charge in [0.1, 0.15) is 11.9 Å². The number of likely N-dealkylation sites (tertiary alicyclic amines) is 1. The summed E-state index contributed by atoms with van der Waals surface area (Å²) in [6.45, 7) is 4.90. The Labute approximate surface area is 141 Å². The molecule has 2 heterocycles. The van der Waals surface area contributed by atoms with Crippen molar-refractivity contribution in [3.05, 3.63) is 48.0 Å². The molecule has 0 unspecified atom stereocenters. The summed E-state index contributed by atoms with van der Waals surface area (Å²) in [4.78, 5) is 29.8. The third-order valence-electron chi connectivity index (χ3n) is 4.46. The second kappa shape index (κ2) is 6.86. The maximum Gasteiger partial charge on any atom is 0.247 e. The number of aromatic nitrogens is 2. The molecule has 1 saturated heterocycles. The Morgan fingerprint density at radius 3 is 2.67 bits per heavy atom. The van der Waals surface area contributed by atoms with E-state index in [9.17, 15) is 9.59 Å². The molecular formula is C18H22N4O2. The van der Waals surface area contributed by atoms with Crippen LogP contribution in [-0.2, 0) is 16.1 Å². The van der Waals surface area contributed by atoms with Crippen molar-refractivity contribution in [1.29, 1.82) is 0 Å². The molecule has 0 radical (unpaired) electrons. The van der Waals surface area contributed by atoms with Crippen LogP contribution in [0.5, 0.6) is 0 Å². The third-order valence-corrected chi connectivity index (χ3v) is 4.46. The highest BCUT2D eigenvalue weighted by Crippen LogP contribution is 2.19. The third kappa shape index (κ3) is 3.48. The number of hydrogen-bond acceptors (Lipinski definition) is 3. The fourth-order valence-electron chi connectivity index (χ4n) is 3.10. The highest BCUT2D eigenvalue weighted by molar-refractivity contribution is 5.97. The molecule has 0 aliphatic carbocycles. The van der Waals surface area contributed by atoms with Crippen molar-refractivity contribution in [2.24, 2.45) is 0 Å². The van der Waals surface area contributed by atoms with Crippen molar-refractivity contribution in [3.8, 4) is 0 Å². The van der Waals surface area contributed by atoms with Crippen molar-refractivity contribution in [2.45, 2.75) is 39.3 Å². The van der Waals surface area contributed by atoms with Gasteiger partial charge >= 0.3 is 0 Å². The highest BCUT2D eigenvalue weighted by atomic mass is 16.2. The molecular weight excluding hydrogens is 304 g/mol. The zero-order valence-corrected chi connectivity index (χ0v) is 14.0. The van der Waals surface area contributed by atoms with Crippen LogP contribution in [0.3, 0.4) is 0 Å². The summed E-state index contributed by atoms with van der Waals surface area (Å²) in [6.07, 6.45) is 5.33. The molecule has 1 fully saturated rings. The molecule has 0 saturated carbocycles. The summed E-state index contributed by atoms with van der Waals surface area (Å²) >= 11 is 0. The summed E-state index contributed by atoms with van der Waals surface area (Å²) in [5.41, 5.74) is 1.89. The Bertz CT molecular complexity index is 736. The average molecular weight is 326 g/mol. The number of rotatable bonds is 4. The van der Waals surface area contributed by atoms with Gasteiger partial charge in [0, 0.05) is 38.1 Å². The summed E-state index contributed by atoms with van der Waals surface area (Å²) in [5.74, 6) is 0.817. The molecule has 2 aromatic rings. The van der Waals surface area contributed by atoms with Crippen molar-refractivity contribution >= 4 is 17.5 Å². The highest BCUT2D eigenvalue weighted by Gasteiger charge is 2.32. The van der Waals surface area contributed by atoms with Gasteiger partial charge in [-0.05, 0) is 37.5 Å². The van der Waals surface area contributed by atoms with Crippen molar-refractivity contribution < 1.29 is 9.59 Å². The SMILES string of the molecule is CC(=O)N1CCC[C@@H]1C(=O)Nc1ccc(Cn2ccnc2C)cc1. The summed E-state index contributed by atoms with van der Waals surface area (Å²) in [6, 6.07) is 7.42. The quantitative estimate of drug-likeness (QED) is 0.936. The molecule has 2 amide bonds. The number of nitrogens with zero attached hydrogens (tertiary/aromatic N) is 3. The topological polar surface area (TPSA) is 67.2 Å². The molecule has 1 aromatic heterocycles. The minimum absolute atomic E-state index is 0.0429. The molecule has 1 atom stereocenters. The molecule has 1 aliphatic rings. The lowest BCUT2D eigenvalue weighted by molar-refractivity contribution is -0.134. The molecule has 0 spiro atoms. The lowest BCUT2D eigenvalue weighted by Crippen LogP contribution is -2.42. The van der Waals surface area contributed by atoms with E-state index in [1.165, 1.54) is 6.92 Å². The lowest BCUT2D eigenvalue weighted by atomic mass is 10.1. The summed E-state index contributed by atoms with van der Waals surface area (Å²) < 4.78 is 2.07. The molecule has 6 heteroatoms. The summed E-state index contributed by atoms with van der Waals surface area (Å²) in [5, 5.41) is 2.91. The first-order chi connectivity index (χ1) is 11.5. The number of benzene rings is 1. The van der Waals surface area contributed by atoms with E-state index in [4.69, 9.17) is 0 Å². The fraction of sp³-hybridized carbons (Fsp3) is 0.389. The lowest BCUT2D eigenvalue weighted by Gasteiger charge is -2.22. The van der Waals surface area contributed by atoms with E-state index in [1.54, 1.807) is 11.1 Å². The van der Waals surface area contributed by atoms with Crippen LogP contribution in [0, 0.1) is 6.92 Å². The largest absolute Gasteiger partial charge is 0.331 e. The van der Waals surface area contributed by atoms with Crippen molar-refractivity contribution in [2.75, 3.05) is 11.9 Å². The van der Waals surface area contributed by atoms with E-state index in [2.05, 4.69) is 14.9 Å². The molecule has 6 nitrogen and oxygen atoms in total. The van der Waals surface area contributed by atoms with Crippen LogP contribution in [-0.4, -0.2) is 38.9 Å². The number of carbonyl (C=O) groups excluding carboxylic acids is 2. The first-order valence-corrected chi connectivity index (χ1v) is 8.19. The van der Waals surface area contributed by atoms with E-state index in [1.807, 2.05) is 37.4 Å². The van der Waals surface area contributed by atoms with Crippen LogP contribution < -0.4 is 5.32 Å². The standard InChI is InChI=1S/C18H22N4O2/c1-13-19-9-11-21(13)12-15-5-7-16(8-6-15)20-18(24)17-4-3-10-22(17)14(2)23/h5-9,11,17H,3-4,10,12H2,1-2H3,(H,20,24)/t17-/m1/s1.